The van der Waals surface area contributed by atoms with Gasteiger partial charge in [-0.1, -0.05) is 36.4 Å². The van der Waals surface area contributed by atoms with Crippen molar-refractivity contribution in [3.05, 3.63) is 101 Å². The number of rotatable bonds is 6. The summed E-state index contributed by atoms with van der Waals surface area (Å²) >= 11 is 0. The van der Waals surface area contributed by atoms with Gasteiger partial charge in [0.05, 0.1) is 30.9 Å². The van der Waals surface area contributed by atoms with Gasteiger partial charge >= 0.3 is 5.97 Å². The molecule has 1 amide bonds. The van der Waals surface area contributed by atoms with Gasteiger partial charge in [0.1, 0.15) is 11.5 Å². The minimum absolute atomic E-state index is 0.0652. The van der Waals surface area contributed by atoms with Crippen molar-refractivity contribution in [2.75, 3.05) is 18.6 Å². The molecule has 1 atom stereocenters. The highest BCUT2D eigenvalue weighted by Crippen LogP contribution is 2.43. The van der Waals surface area contributed by atoms with E-state index in [9.17, 15) is 19.5 Å². The molecule has 186 valence electrons. The molecule has 8 heteroatoms. The van der Waals surface area contributed by atoms with E-state index in [-0.39, 0.29) is 23.5 Å². The van der Waals surface area contributed by atoms with Crippen LogP contribution in [0.5, 0.6) is 5.75 Å². The number of ketones is 1. The maximum atomic E-state index is 13.5. The van der Waals surface area contributed by atoms with Crippen LogP contribution in [0.3, 0.4) is 0 Å². The Bertz CT molecular complexity index is 1570. The molecule has 1 aliphatic rings. The average Bonchev–Trinajstić information content (AvgIpc) is 3.47. The molecule has 5 rings (SSSR count). The van der Waals surface area contributed by atoms with E-state index in [0.29, 0.717) is 28.0 Å². The van der Waals surface area contributed by atoms with Crippen LogP contribution < -0.4 is 9.64 Å². The number of esters is 1. The Hall–Kier alpha value is -4.85. The van der Waals surface area contributed by atoms with Gasteiger partial charge in [-0.2, -0.15) is 0 Å². The van der Waals surface area contributed by atoms with Crippen molar-refractivity contribution < 1.29 is 29.0 Å². The van der Waals surface area contributed by atoms with Crippen LogP contribution in [0.4, 0.5) is 5.69 Å². The Labute approximate surface area is 212 Å². The smallest absolute Gasteiger partial charge is 0.338 e. The molecule has 1 unspecified atom stereocenters. The summed E-state index contributed by atoms with van der Waals surface area (Å²) in [6, 6.07) is 19.7. The molecular formula is C29H24N2O6. The van der Waals surface area contributed by atoms with E-state index < -0.39 is 23.7 Å². The Morgan fingerprint density at radius 3 is 2.59 bits per heavy atom. The summed E-state index contributed by atoms with van der Waals surface area (Å²) in [4.78, 5) is 43.7. The van der Waals surface area contributed by atoms with Crippen LogP contribution in [0.15, 0.2) is 84.6 Å². The second-order valence-electron chi connectivity index (χ2n) is 8.46. The number of Topliss-reactive ketones (excluding diaryl/α,β-unsaturated/α-hetero) is 1. The molecule has 37 heavy (non-hydrogen) atoms. The van der Waals surface area contributed by atoms with Gasteiger partial charge in [-0.05, 0) is 48.9 Å². The second kappa shape index (κ2) is 9.66. The van der Waals surface area contributed by atoms with Crippen LogP contribution in [0.25, 0.3) is 16.7 Å². The molecule has 8 nitrogen and oxygen atoms in total. The Morgan fingerprint density at radius 2 is 1.81 bits per heavy atom. The lowest BCUT2D eigenvalue weighted by Crippen LogP contribution is -2.29. The van der Waals surface area contributed by atoms with Crippen LogP contribution in [-0.4, -0.2) is 41.5 Å². The molecule has 0 bridgehead atoms. The zero-order valence-corrected chi connectivity index (χ0v) is 20.2. The van der Waals surface area contributed by atoms with E-state index in [1.54, 1.807) is 55.6 Å². The first-order valence-electron chi connectivity index (χ1n) is 11.7. The molecule has 1 aliphatic heterocycles. The number of fused-ring (bicyclic) bond motifs is 1. The summed E-state index contributed by atoms with van der Waals surface area (Å²) in [5.41, 5.74) is 2.23. The molecule has 1 saturated heterocycles. The Morgan fingerprint density at radius 1 is 1.03 bits per heavy atom. The first-order valence-corrected chi connectivity index (χ1v) is 11.7. The Kier molecular flexibility index (Phi) is 6.23. The number of aliphatic hydroxyl groups excluding tert-OH is 1. The number of ether oxygens (including phenoxy) is 2. The number of para-hydroxylation sites is 1. The van der Waals surface area contributed by atoms with E-state index in [0.717, 1.165) is 5.52 Å². The fraction of sp³-hybridized carbons (Fsp3) is 0.138. The van der Waals surface area contributed by atoms with E-state index in [1.807, 2.05) is 24.3 Å². The fourth-order valence-corrected chi connectivity index (χ4v) is 4.64. The SMILES string of the molecule is CCOC(=O)c1cccc(N2C(=O)C(=O)/C(=C(\O)c3c[nH]c4ccccc34)C2c2cccc(OC)c2)c1. The number of aliphatic hydroxyl groups is 1. The molecule has 2 N–H and O–H groups in total. The van der Waals surface area contributed by atoms with Crippen molar-refractivity contribution in [1.29, 1.82) is 0 Å². The lowest BCUT2D eigenvalue weighted by molar-refractivity contribution is -0.132. The summed E-state index contributed by atoms with van der Waals surface area (Å²) in [6.45, 7) is 1.90. The van der Waals surface area contributed by atoms with Crippen LogP contribution in [0.1, 0.15) is 34.5 Å². The minimum atomic E-state index is -0.971. The largest absolute Gasteiger partial charge is 0.507 e. The van der Waals surface area contributed by atoms with Crippen molar-refractivity contribution in [1.82, 2.24) is 4.98 Å². The second-order valence-corrected chi connectivity index (χ2v) is 8.46. The quantitative estimate of drug-likeness (QED) is 0.169. The predicted molar refractivity (Wildman–Crippen MR) is 138 cm³/mol. The van der Waals surface area contributed by atoms with Crippen molar-refractivity contribution in [2.24, 2.45) is 0 Å². The summed E-state index contributed by atoms with van der Waals surface area (Å²) in [6.07, 6.45) is 1.61. The van der Waals surface area contributed by atoms with Gasteiger partial charge in [0, 0.05) is 28.4 Å². The van der Waals surface area contributed by atoms with Crippen molar-refractivity contribution in [3.8, 4) is 5.75 Å². The monoisotopic (exact) mass is 496 g/mol. The maximum absolute atomic E-state index is 13.5. The Balaban J connectivity index is 1.73. The molecule has 0 aliphatic carbocycles. The molecule has 1 fully saturated rings. The van der Waals surface area contributed by atoms with Gasteiger partial charge in [0.15, 0.2) is 0 Å². The number of aromatic amines is 1. The topological polar surface area (TPSA) is 109 Å². The highest BCUT2D eigenvalue weighted by atomic mass is 16.5. The third kappa shape index (κ3) is 4.12. The van der Waals surface area contributed by atoms with Crippen LogP contribution in [0, 0.1) is 0 Å². The number of anilines is 1. The fourth-order valence-electron chi connectivity index (χ4n) is 4.64. The summed E-state index contributed by atoms with van der Waals surface area (Å²) in [7, 11) is 1.52. The van der Waals surface area contributed by atoms with Gasteiger partial charge in [-0.3, -0.25) is 14.5 Å². The van der Waals surface area contributed by atoms with E-state index in [4.69, 9.17) is 9.47 Å². The number of hydrogen-bond donors (Lipinski definition) is 2. The summed E-state index contributed by atoms with van der Waals surface area (Å²) in [5.74, 6) is -1.98. The molecule has 2 heterocycles. The first-order chi connectivity index (χ1) is 17.9. The maximum Gasteiger partial charge on any atom is 0.338 e. The van der Waals surface area contributed by atoms with Crippen molar-refractivity contribution >= 4 is 40.0 Å². The molecule has 0 radical (unpaired) electrons. The molecule has 3 aromatic carbocycles. The van der Waals surface area contributed by atoms with Gasteiger partial charge in [0.2, 0.25) is 0 Å². The third-order valence-electron chi connectivity index (χ3n) is 6.33. The number of carbonyl (C=O) groups is 3. The van der Waals surface area contributed by atoms with E-state index in [2.05, 4.69) is 4.98 Å². The zero-order chi connectivity index (χ0) is 26.1. The number of nitrogens with zero attached hydrogens (tertiary/aromatic N) is 1. The number of H-pyrrole nitrogens is 1. The number of nitrogens with one attached hydrogen (secondary N) is 1. The van der Waals surface area contributed by atoms with Crippen LogP contribution in [0.2, 0.25) is 0 Å². The lowest BCUT2D eigenvalue weighted by atomic mass is 9.94. The van der Waals surface area contributed by atoms with Gasteiger partial charge in [-0.25, -0.2) is 4.79 Å². The predicted octanol–water partition coefficient (Wildman–Crippen LogP) is 4.98. The van der Waals surface area contributed by atoms with E-state index >= 15 is 0 Å². The normalized spacial score (nSPS) is 16.8. The van der Waals surface area contributed by atoms with Crippen molar-refractivity contribution in [3.63, 3.8) is 0 Å². The summed E-state index contributed by atoms with van der Waals surface area (Å²) in [5, 5.41) is 12.2. The highest BCUT2D eigenvalue weighted by Gasteiger charge is 2.47. The zero-order valence-electron chi connectivity index (χ0n) is 20.2. The van der Waals surface area contributed by atoms with Crippen molar-refractivity contribution in [2.45, 2.75) is 13.0 Å². The van der Waals surface area contributed by atoms with Gasteiger partial charge in [-0.15, -0.1) is 0 Å². The number of hydrogen-bond acceptors (Lipinski definition) is 6. The number of benzene rings is 3. The van der Waals surface area contributed by atoms with E-state index in [1.165, 1.54) is 18.1 Å². The number of carbonyl (C=O) groups excluding carboxylic acids is 3. The molecular weight excluding hydrogens is 472 g/mol. The van der Waals surface area contributed by atoms with Gasteiger partial charge in [0.25, 0.3) is 11.7 Å². The summed E-state index contributed by atoms with van der Waals surface area (Å²) < 4.78 is 10.5. The number of aromatic nitrogens is 1. The molecule has 0 saturated carbocycles. The number of methoxy groups -OCH3 is 1. The molecule has 0 spiro atoms. The first kappa shape index (κ1) is 23.9. The molecule has 4 aromatic rings. The highest BCUT2D eigenvalue weighted by molar-refractivity contribution is 6.51. The number of amides is 1. The van der Waals surface area contributed by atoms with Gasteiger partial charge < -0.3 is 19.6 Å². The lowest BCUT2D eigenvalue weighted by Gasteiger charge is -2.26. The molecule has 1 aromatic heterocycles. The third-order valence-corrected chi connectivity index (χ3v) is 6.33. The minimum Gasteiger partial charge on any atom is -0.507 e. The van der Waals surface area contributed by atoms with Crippen LogP contribution in [-0.2, 0) is 14.3 Å². The van der Waals surface area contributed by atoms with Crippen LogP contribution >= 0.6 is 0 Å². The standard InChI is InChI=1S/C29H24N2O6/c1-3-37-29(35)18-9-6-10-19(14-18)31-25(17-8-7-11-20(15-17)36-2)24(27(33)28(31)34)26(32)22-16-30-23-13-5-4-12-21(22)23/h4-16,25,30,32H,3H2,1-2H3/b26-24-. The average molecular weight is 497 g/mol.